The topological polar surface area (TPSA) is 63.3 Å². The minimum atomic E-state index is -0.899. The molecule has 5 heteroatoms. The van der Waals surface area contributed by atoms with E-state index < -0.39 is 12.0 Å². The molecular formula is C3H6INO2Se. The predicted molar refractivity (Wildman–Crippen MR) is 40.2 cm³/mol. The van der Waals surface area contributed by atoms with Crippen LogP contribution in [0.1, 0.15) is 0 Å². The maximum absolute atomic E-state index is 9.97. The zero-order chi connectivity index (χ0) is 6.57. The van der Waals surface area contributed by atoms with Crippen molar-refractivity contribution >= 4 is 38.0 Å². The summed E-state index contributed by atoms with van der Waals surface area (Å²) in [5, 5.41) is 8.81. The molecule has 48 valence electrons. The normalized spacial score (nSPS) is 13.2. The van der Waals surface area contributed by atoms with Crippen molar-refractivity contribution in [1.29, 1.82) is 0 Å². The number of rotatable bonds is 3. The molecule has 3 N–H and O–H groups in total. The van der Waals surface area contributed by atoms with Gasteiger partial charge in [0.2, 0.25) is 0 Å². The van der Waals surface area contributed by atoms with Gasteiger partial charge in [-0.05, 0) is 0 Å². The zero-order valence-corrected chi connectivity index (χ0v) is 7.87. The fourth-order valence-corrected chi connectivity index (χ4v) is 2.74. The van der Waals surface area contributed by atoms with Crippen LogP contribution in [0.3, 0.4) is 0 Å². The number of hydrogen-bond donors (Lipinski definition) is 2. The Morgan fingerprint density at radius 1 is 2.00 bits per heavy atom. The Labute approximate surface area is 64.9 Å². The molecule has 8 heavy (non-hydrogen) atoms. The Kier molecular flexibility index (Phi) is 4.93. The summed E-state index contributed by atoms with van der Waals surface area (Å²) in [5.41, 5.74) is 5.14. The molecule has 0 saturated carbocycles. The number of hydrogen-bond acceptors (Lipinski definition) is 2. The van der Waals surface area contributed by atoms with Crippen LogP contribution in [0.15, 0.2) is 0 Å². The average Bonchev–Trinajstić information content (AvgIpc) is 1.67. The Hall–Kier alpha value is 0.679. The molecule has 0 aliphatic carbocycles. The van der Waals surface area contributed by atoms with Crippen molar-refractivity contribution in [2.24, 2.45) is 5.73 Å². The van der Waals surface area contributed by atoms with Gasteiger partial charge in [-0.25, -0.2) is 0 Å². The number of halogens is 1. The van der Waals surface area contributed by atoms with Gasteiger partial charge in [0.25, 0.3) is 0 Å². The van der Waals surface area contributed by atoms with E-state index in [2.05, 4.69) is 20.3 Å². The predicted octanol–water partition coefficient (Wildman–Crippen LogP) is -0.129. The number of aliphatic carboxylic acids is 1. The first-order chi connectivity index (χ1) is 3.68. The van der Waals surface area contributed by atoms with Crippen LogP contribution < -0.4 is 5.73 Å². The van der Waals surface area contributed by atoms with Gasteiger partial charge in [0.1, 0.15) is 0 Å². The van der Waals surface area contributed by atoms with Crippen molar-refractivity contribution in [2.75, 3.05) is 0 Å². The fourth-order valence-electron chi connectivity index (χ4n) is 0.139. The van der Waals surface area contributed by atoms with Crippen LogP contribution in [0.4, 0.5) is 0 Å². The third-order valence-electron chi connectivity index (χ3n) is 0.560. The van der Waals surface area contributed by atoms with Gasteiger partial charge < -0.3 is 0 Å². The molecule has 0 fully saturated rings. The van der Waals surface area contributed by atoms with E-state index >= 15 is 0 Å². The summed E-state index contributed by atoms with van der Waals surface area (Å²) in [5.74, 6) is -0.899. The molecule has 0 amide bonds. The molecule has 0 aliphatic rings. The van der Waals surface area contributed by atoms with Crippen LogP contribution in [-0.2, 0) is 4.79 Å². The summed E-state index contributed by atoms with van der Waals surface area (Å²) in [7, 11) is 0. The van der Waals surface area contributed by atoms with Crippen LogP contribution in [0, 0.1) is 0 Å². The first-order valence-electron chi connectivity index (χ1n) is 1.90. The Bertz CT molecular complexity index is 89.4. The first-order valence-corrected chi connectivity index (χ1v) is 8.34. The molecule has 0 bridgehead atoms. The van der Waals surface area contributed by atoms with Gasteiger partial charge in [-0.2, -0.15) is 0 Å². The Morgan fingerprint density at radius 3 is 2.62 bits per heavy atom. The van der Waals surface area contributed by atoms with Crippen molar-refractivity contribution in [3.8, 4) is 0 Å². The van der Waals surface area contributed by atoms with Crippen LogP contribution >= 0.6 is 20.3 Å². The number of carboxylic acids is 1. The molecule has 0 heterocycles. The quantitative estimate of drug-likeness (QED) is 0.563. The van der Waals surface area contributed by atoms with E-state index in [1.807, 2.05) is 0 Å². The molecule has 0 aliphatic heterocycles. The summed E-state index contributed by atoms with van der Waals surface area (Å²) >= 11 is 2.50. The van der Waals surface area contributed by atoms with E-state index in [0.29, 0.717) is 17.0 Å². The summed E-state index contributed by atoms with van der Waals surface area (Å²) in [6.45, 7) is 0. The van der Waals surface area contributed by atoms with Crippen molar-refractivity contribution in [3.63, 3.8) is 0 Å². The van der Waals surface area contributed by atoms with E-state index in [4.69, 9.17) is 10.8 Å². The monoisotopic (exact) mass is 295 g/mol. The number of carboxylic acid groups (broad SMARTS) is 1. The number of carbonyl (C=O) groups is 1. The van der Waals surface area contributed by atoms with Gasteiger partial charge >= 0.3 is 65.0 Å². The van der Waals surface area contributed by atoms with Gasteiger partial charge in [0.15, 0.2) is 0 Å². The van der Waals surface area contributed by atoms with E-state index in [1.165, 1.54) is 0 Å². The third kappa shape index (κ3) is 3.65. The van der Waals surface area contributed by atoms with Crippen LogP contribution in [0.2, 0.25) is 5.32 Å². The van der Waals surface area contributed by atoms with Crippen LogP contribution in [0.25, 0.3) is 0 Å². The molecule has 0 saturated heterocycles. The molecule has 0 aromatic rings. The zero-order valence-electron chi connectivity index (χ0n) is 4.00. The second-order valence-electron chi connectivity index (χ2n) is 1.22. The average molecular weight is 294 g/mol. The molecule has 0 aromatic carbocycles. The molecule has 0 aromatic heterocycles. The molecular weight excluding hydrogens is 288 g/mol. The SMILES string of the molecule is N[C@@H](C[Se]I)C(=O)O. The second-order valence-corrected chi connectivity index (χ2v) is 5.61. The van der Waals surface area contributed by atoms with Gasteiger partial charge in [-0.3, -0.25) is 0 Å². The molecule has 3 nitrogen and oxygen atoms in total. The summed E-state index contributed by atoms with van der Waals surface area (Å²) in [4.78, 5) is 9.97. The summed E-state index contributed by atoms with van der Waals surface area (Å²) in [6, 6.07) is -0.646. The Morgan fingerprint density at radius 2 is 2.50 bits per heavy atom. The summed E-state index contributed by atoms with van der Waals surface area (Å²) in [6.07, 6.45) is 0. The van der Waals surface area contributed by atoms with Gasteiger partial charge in [-0.15, -0.1) is 0 Å². The molecule has 0 spiro atoms. The Balaban J connectivity index is 3.32. The van der Waals surface area contributed by atoms with E-state index in [0.717, 1.165) is 0 Å². The molecule has 0 unspecified atom stereocenters. The number of nitrogens with two attached hydrogens (primary N) is 1. The summed E-state index contributed by atoms with van der Waals surface area (Å²) < 4.78 is 0. The van der Waals surface area contributed by atoms with Gasteiger partial charge in [-0.1, -0.05) is 0 Å². The van der Waals surface area contributed by atoms with Crippen molar-refractivity contribution < 1.29 is 9.90 Å². The van der Waals surface area contributed by atoms with Gasteiger partial charge in [0, 0.05) is 0 Å². The third-order valence-corrected chi connectivity index (χ3v) is 3.45. The van der Waals surface area contributed by atoms with E-state index in [1.54, 1.807) is 0 Å². The van der Waals surface area contributed by atoms with Crippen molar-refractivity contribution in [1.82, 2.24) is 0 Å². The van der Waals surface area contributed by atoms with Crippen LogP contribution in [-0.4, -0.2) is 28.8 Å². The first kappa shape index (κ1) is 8.68. The molecule has 1 atom stereocenters. The molecule has 0 radical (unpaired) electrons. The molecule has 0 rings (SSSR count). The fraction of sp³-hybridized carbons (Fsp3) is 0.667. The van der Waals surface area contributed by atoms with Gasteiger partial charge in [0.05, 0.1) is 0 Å². The minimum absolute atomic E-state index is 0.343. The van der Waals surface area contributed by atoms with E-state index in [-0.39, 0.29) is 0 Å². The van der Waals surface area contributed by atoms with Crippen molar-refractivity contribution in [2.45, 2.75) is 11.4 Å². The van der Waals surface area contributed by atoms with E-state index in [9.17, 15) is 4.79 Å². The maximum atomic E-state index is 9.97. The van der Waals surface area contributed by atoms with Crippen molar-refractivity contribution in [3.05, 3.63) is 0 Å². The standard InChI is InChI=1S/C3H6INO2Se/c4-8-1-2(5)3(6)7/h2H,1,5H2,(H,6,7)/t2-/m0/s1. The second kappa shape index (κ2) is 4.55. The van der Waals surface area contributed by atoms with Crippen LogP contribution in [0.5, 0.6) is 0 Å².